The molecule has 0 heterocycles. The number of aliphatic carboxylic acids is 1. The Balaban J connectivity index is 1.93. The molecule has 1 saturated carbocycles. The van der Waals surface area contributed by atoms with Crippen molar-refractivity contribution in [1.82, 2.24) is 0 Å². The maximum Gasteiger partial charge on any atom is 0.306 e. The van der Waals surface area contributed by atoms with Gasteiger partial charge in [-0.1, -0.05) is 6.07 Å². The number of benzene rings is 1. The Hall–Kier alpha value is -1.03. The van der Waals surface area contributed by atoms with Crippen molar-refractivity contribution >= 4 is 27.6 Å². The van der Waals surface area contributed by atoms with Gasteiger partial charge in [-0.05, 0) is 66.2 Å². The first-order valence-corrected chi connectivity index (χ1v) is 7.11. The summed E-state index contributed by atoms with van der Waals surface area (Å²) in [6.45, 7) is 2.06. The van der Waals surface area contributed by atoms with Crippen molar-refractivity contribution in [3.63, 3.8) is 0 Å². The lowest BCUT2D eigenvalue weighted by Crippen LogP contribution is -2.29. The van der Waals surface area contributed by atoms with E-state index >= 15 is 0 Å². The highest BCUT2D eigenvalue weighted by atomic mass is 79.9. The van der Waals surface area contributed by atoms with Gasteiger partial charge in [-0.25, -0.2) is 0 Å². The molecule has 1 fully saturated rings. The number of rotatable bonds is 3. The highest BCUT2D eigenvalue weighted by molar-refractivity contribution is 9.10. The van der Waals surface area contributed by atoms with E-state index in [1.807, 2.05) is 0 Å². The molecule has 4 heteroatoms. The lowest BCUT2D eigenvalue weighted by atomic mass is 9.86. The molecule has 2 rings (SSSR count). The minimum Gasteiger partial charge on any atom is -0.481 e. The Morgan fingerprint density at radius 3 is 2.56 bits per heavy atom. The number of hydrogen-bond acceptors (Lipinski definition) is 2. The molecule has 1 aromatic rings. The first-order valence-electron chi connectivity index (χ1n) is 6.32. The third-order valence-corrected chi connectivity index (χ3v) is 4.22. The average molecular weight is 312 g/mol. The van der Waals surface area contributed by atoms with Gasteiger partial charge >= 0.3 is 5.97 Å². The van der Waals surface area contributed by atoms with Gasteiger partial charge < -0.3 is 10.4 Å². The summed E-state index contributed by atoms with van der Waals surface area (Å²) < 4.78 is 1.07. The topological polar surface area (TPSA) is 49.3 Å². The standard InChI is InChI=1S/C14H18BrNO2/c1-9-2-7-13(12(15)8-9)16-11-5-3-10(4-6-11)14(17)18/h2,7-8,10-11,16H,3-6H2,1H3,(H,17,18). The molecule has 18 heavy (non-hydrogen) atoms. The van der Waals surface area contributed by atoms with Gasteiger partial charge in [0.05, 0.1) is 5.92 Å². The lowest BCUT2D eigenvalue weighted by Gasteiger charge is -2.28. The van der Waals surface area contributed by atoms with Crippen molar-refractivity contribution in [3.8, 4) is 0 Å². The Morgan fingerprint density at radius 1 is 1.33 bits per heavy atom. The Morgan fingerprint density at radius 2 is 2.00 bits per heavy atom. The van der Waals surface area contributed by atoms with Crippen molar-refractivity contribution in [2.24, 2.45) is 5.92 Å². The molecule has 1 aliphatic carbocycles. The van der Waals surface area contributed by atoms with E-state index in [0.717, 1.165) is 35.8 Å². The molecular formula is C14H18BrNO2. The van der Waals surface area contributed by atoms with Crippen LogP contribution in [0.2, 0.25) is 0 Å². The number of carboxylic acids is 1. The zero-order valence-electron chi connectivity index (χ0n) is 10.4. The summed E-state index contributed by atoms with van der Waals surface area (Å²) in [4.78, 5) is 10.9. The summed E-state index contributed by atoms with van der Waals surface area (Å²) in [5.41, 5.74) is 2.32. The van der Waals surface area contributed by atoms with Crippen molar-refractivity contribution in [2.45, 2.75) is 38.6 Å². The van der Waals surface area contributed by atoms with Gasteiger partial charge in [-0.15, -0.1) is 0 Å². The van der Waals surface area contributed by atoms with Crippen LogP contribution in [0.1, 0.15) is 31.2 Å². The van der Waals surface area contributed by atoms with Crippen LogP contribution in [0.4, 0.5) is 5.69 Å². The Labute approximate surface area is 116 Å². The van der Waals surface area contributed by atoms with Crippen molar-refractivity contribution in [3.05, 3.63) is 28.2 Å². The molecule has 0 atom stereocenters. The largest absolute Gasteiger partial charge is 0.481 e. The number of carbonyl (C=O) groups is 1. The van der Waals surface area contributed by atoms with Gasteiger partial charge in [0, 0.05) is 16.2 Å². The van der Waals surface area contributed by atoms with Crippen LogP contribution >= 0.6 is 15.9 Å². The molecule has 1 aliphatic rings. The van der Waals surface area contributed by atoms with Gasteiger partial charge in [0.2, 0.25) is 0 Å². The van der Waals surface area contributed by atoms with Crippen molar-refractivity contribution in [1.29, 1.82) is 0 Å². The molecule has 1 aromatic carbocycles. The third kappa shape index (κ3) is 3.25. The number of anilines is 1. The number of nitrogens with one attached hydrogen (secondary N) is 1. The van der Waals surface area contributed by atoms with Crippen LogP contribution in [0.3, 0.4) is 0 Å². The monoisotopic (exact) mass is 311 g/mol. The lowest BCUT2D eigenvalue weighted by molar-refractivity contribution is -0.142. The summed E-state index contributed by atoms with van der Waals surface area (Å²) in [6.07, 6.45) is 3.40. The highest BCUT2D eigenvalue weighted by Gasteiger charge is 2.25. The summed E-state index contributed by atoms with van der Waals surface area (Å²) >= 11 is 3.55. The molecule has 0 radical (unpaired) electrons. The third-order valence-electron chi connectivity index (χ3n) is 3.56. The fourth-order valence-corrected chi connectivity index (χ4v) is 3.05. The maximum absolute atomic E-state index is 10.9. The second kappa shape index (κ2) is 5.74. The maximum atomic E-state index is 10.9. The first kappa shape index (κ1) is 13.4. The van der Waals surface area contributed by atoms with Gasteiger partial charge in [-0.3, -0.25) is 4.79 Å². The highest BCUT2D eigenvalue weighted by Crippen LogP contribution is 2.30. The van der Waals surface area contributed by atoms with E-state index in [1.54, 1.807) is 0 Å². The van der Waals surface area contributed by atoms with E-state index in [9.17, 15) is 4.79 Å². The van der Waals surface area contributed by atoms with E-state index in [1.165, 1.54) is 5.56 Å². The van der Waals surface area contributed by atoms with Gasteiger partial charge in [0.15, 0.2) is 0 Å². The Bertz CT molecular complexity index is 439. The summed E-state index contributed by atoms with van der Waals surface area (Å²) in [7, 11) is 0. The van der Waals surface area contributed by atoms with Crippen LogP contribution in [0.15, 0.2) is 22.7 Å². The average Bonchev–Trinajstić information content (AvgIpc) is 2.33. The van der Waals surface area contributed by atoms with Crippen LogP contribution in [0, 0.1) is 12.8 Å². The van der Waals surface area contributed by atoms with Gasteiger partial charge in [0.1, 0.15) is 0 Å². The normalized spacial score (nSPS) is 23.7. The molecule has 0 bridgehead atoms. The molecular weight excluding hydrogens is 294 g/mol. The molecule has 0 aromatic heterocycles. The van der Waals surface area contributed by atoms with E-state index in [2.05, 4.69) is 46.4 Å². The number of aryl methyl sites for hydroxylation is 1. The second-order valence-corrected chi connectivity index (χ2v) is 5.87. The van der Waals surface area contributed by atoms with Crippen molar-refractivity contribution in [2.75, 3.05) is 5.32 Å². The van der Waals surface area contributed by atoms with Crippen LogP contribution in [-0.4, -0.2) is 17.1 Å². The fraction of sp³-hybridized carbons (Fsp3) is 0.500. The van der Waals surface area contributed by atoms with Gasteiger partial charge in [0.25, 0.3) is 0 Å². The zero-order chi connectivity index (χ0) is 13.1. The fourth-order valence-electron chi connectivity index (χ4n) is 2.44. The predicted molar refractivity (Wildman–Crippen MR) is 75.9 cm³/mol. The van der Waals surface area contributed by atoms with Crippen molar-refractivity contribution < 1.29 is 9.90 Å². The predicted octanol–water partition coefficient (Wildman–Crippen LogP) is 3.81. The van der Waals surface area contributed by atoms with Gasteiger partial charge in [-0.2, -0.15) is 0 Å². The first-order chi connectivity index (χ1) is 8.56. The molecule has 0 amide bonds. The quantitative estimate of drug-likeness (QED) is 0.892. The van der Waals surface area contributed by atoms with Crippen LogP contribution < -0.4 is 5.32 Å². The van der Waals surface area contributed by atoms with Crippen LogP contribution in [0.5, 0.6) is 0 Å². The Kier molecular flexibility index (Phi) is 4.27. The summed E-state index contributed by atoms with van der Waals surface area (Å²) in [5, 5.41) is 12.5. The zero-order valence-corrected chi connectivity index (χ0v) is 12.0. The molecule has 2 N–H and O–H groups in total. The number of halogens is 1. The molecule has 0 saturated heterocycles. The molecule has 3 nitrogen and oxygen atoms in total. The summed E-state index contributed by atoms with van der Waals surface area (Å²) in [5.74, 6) is -0.797. The summed E-state index contributed by atoms with van der Waals surface area (Å²) in [6, 6.07) is 6.63. The molecule has 98 valence electrons. The molecule has 0 unspecified atom stereocenters. The smallest absolute Gasteiger partial charge is 0.306 e. The van der Waals surface area contributed by atoms with E-state index in [0.29, 0.717) is 6.04 Å². The van der Waals surface area contributed by atoms with Crippen LogP contribution in [-0.2, 0) is 4.79 Å². The minimum atomic E-state index is -0.648. The van der Waals surface area contributed by atoms with E-state index < -0.39 is 5.97 Å². The number of hydrogen-bond donors (Lipinski definition) is 2. The minimum absolute atomic E-state index is 0.149. The second-order valence-electron chi connectivity index (χ2n) is 5.01. The SMILES string of the molecule is Cc1ccc(NC2CCC(C(=O)O)CC2)c(Br)c1. The number of carboxylic acid groups (broad SMARTS) is 1. The van der Waals surface area contributed by atoms with Crippen LogP contribution in [0.25, 0.3) is 0 Å². The molecule has 0 aliphatic heterocycles. The molecule has 0 spiro atoms. The van der Waals surface area contributed by atoms with E-state index in [4.69, 9.17) is 5.11 Å². The van der Waals surface area contributed by atoms with E-state index in [-0.39, 0.29) is 5.92 Å².